The molecule has 4 heterocycles. The minimum atomic E-state index is -1.79. The Bertz CT molecular complexity index is 2110. The molecule has 0 radical (unpaired) electrons. The molecule has 0 spiro atoms. The summed E-state index contributed by atoms with van der Waals surface area (Å²) in [6.07, 6.45) is -1.42. The Balaban J connectivity index is 0.000000339. The monoisotopic (exact) mass is 913 g/mol. The van der Waals surface area contributed by atoms with Gasteiger partial charge in [0.1, 0.15) is 29.3 Å². The molecular formula is C42H55N7O16. The summed E-state index contributed by atoms with van der Waals surface area (Å²) in [6.45, 7) is 9.22. The first-order valence-electron chi connectivity index (χ1n) is 20.4. The average molecular weight is 914 g/mol. The number of aliphatic hydroxyl groups excluding tert-OH is 3. The van der Waals surface area contributed by atoms with E-state index in [9.17, 15) is 28.8 Å². The maximum Gasteiger partial charge on any atom is 0.333 e. The molecule has 2 aliphatic rings. The van der Waals surface area contributed by atoms with Crippen molar-refractivity contribution in [1.29, 1.82) is 0 Å². The largest absolute Gasteiger partial charge is 0.481 e. The minimum absolute atomic E-state index is 0.299. The second kappa shape index (κ2) is 25.5. The number of aliphatic carboxylic acids is 6. The van der Waals surface area contributed by atoms with Crippen LogP contribution in [-0.4, -0.2) is 168 Å². The van der Waals surface area contributed by atoms with Gasteiger partial charge in [-0.3, -0.25) is 14.4 Å². The van der Waals surface area contributed by atoms with Gasteiger partial charge in [0.2, 0.25) is 0 Å². The van der Waals surface area contributed by atoms with Gasteiger partial charge in [-0.2, -0.15) is 5.10 Å². The lowest BCUT2D eigenvalue weighted by molar-refractivity contribution is -0.153. The molecule has 4 aromatic rings. The quantitative estimate of drug-likeness (QED) is 0.0816. The number of ether oxygens (including phenoxy) is 1. The number of nitrogen functional groups attached to an aromatic ring is 1. The number of nitrogens with two attached hydrogens (primary N) is 1. The van der Waals surface area contributed by atoms with E-state index in [2.05, 4.69) is 38.3 Å². The molecule has 23 nitrogen and oxygen atoms in total. The minimum Gasteiger partial charge on any atom is -0.481 e. The van der Waals surface area contributed by atoms with Crippen molar-refractivity contribution in [2.45, 2.75) is 95.2 Å². The van der Waals surface area contributed by atoms with Gasteiger partial charge in [0.15, 0.2) is 24.0 Å². The summed E-state index contributed by atoms with van der Waals surface area (Å²) < 4.78 is 8.08. The van der Waals surface area contributed by atoms with Crippen LogP contribution in [0.15, 0.2) is 60.9 Å². The van der Waals surface area contributed by atoms with E-state index in [4.69, 9.17) is 61.5 Å². The first-order chi connectivity index (χ1) is 30.7. The van der Waals surface area contributed by atoms with Gasteiger partial charge in [0.25, 0.3) is 0 Å². The van der Waals surface area contributed by atoms with Gasteiger partial charge >= 0.3 is 35.8 Å². The molecule has 2 aromatic heterocycles. The van der Waals surface area contributed by atoms with Crippen LogP contribution in [0.4, 0.5) is 5.82 Å². The maximum absolute atomic E-state index is 9.72. The summed E-state index contributed by atoms with van der Waals surface area (Å²) in [6, 6.07) is 19.4. The van der Waals surface area contributed by atoms with Crippen molar-refractivity contribution in [2.24, 2.45) is 0 Å². The van der Waals surface area contributed by atoms with Crippen molar-refractivity contribution in [1.82, 2.24) is 29.5 Å². The van der Waals surface area contributed by atoms with E-state index >= 15 is 0 Å². The highest BCUT2D eigenvalue weighted by Gasteiger charge is 2.31. The number of hydrogen-bond donors (Lipinski definition) is 10. The van der Waals surface area contributed by atoms with E-state index in [1.54, 1.807) is 6.33 Å². The van der Waals surface area contributed by atoms with E-state index in [-0.39, 0.29) is 0 Å². The Hall–Kier alpha value is -6.79. The summed E-state index contributed by atoms with van der Waals surface area (Å²) >= 11 is 0. The number of rotatable bonds is 15. The number of fused-ring (bicyclic) bond motifs is 1. The van der Waals surface area contributed by atoms with Crippen molar-refractivity contribution in [3.8, 4) is 22.8 Å². The fourth-order valence-electron chi connectivity index (χ4n) is 6.78. The molecule has 2 aromatic carbocycles. The molecule has 0 amide bonds. The van der Waals surface area contributed by atoms with Crippen LogP contribution in [0.5, 0.6) is 11.5 Å². The number of benzene rings is 2. The first-order valence-corrected chi connectivity index (χ1v) is 20.4. The van der Waals surface area contributed by atoms with Crippen LogP contribution in [-0.2, 0) is 28.8 Å². The molecule has 0 bridgehead atoms. The van der Waals surface area contributed by atoms with Crippen LogP contribution in [0.2, 0.25) is 0 Å². The number of aromatic nitrogens is 4. The lowest BCUT2D eigenvalue weighted by Gasteiger charge is -2.42. The molecular weight excluding hydrogens is 858 g/mol. The topological polar surface area (TPSA) is 370 Å². The summed E-state index contributed by atoms with van der Waals surface area (Å²) in [5.41, 5.74) is 9.00. The third kappa shape index (κ3) is 17.0. The molecule has 354 valence electrons. The van der Waals surface area contributed by atoms with Crippen molar-refractivity contribution < 1.29 is 79.5 Å². The number of nitrogens with zero attached hydrogens (tertiary/aromatic N) is 6. The van der Waals surface area contributed by atoms with E-state index in [1.165, 1.54) is 25.9 Å². The molecule has 0 saturated carbocycles. The van der Waals surface area contributed by atoms with Gasteiger partial charge < -0.3 is 66.2 Å². The predicted molar refractivity (Wildman–Crippen MR) is 229 cm³/mol. The Kier molecular flexibility index (Phi) is 20.6. The summed E-state index contributed by atoms with van der Waals surface area (Å²) in [4.78, 5) is 72.5. The van der Waals surface area contributed by atoms with Crippen molar-refractivity contribution in [3.63, 3.8) is 0 Å². The SMILES string of the molecule is CC(C)N1CCC(N2CCC(n3nc(-c4ccc(Oc5ccccc5)cc4)c4c(N)ncnc43)CC2)CC1.O=C(O)CC(O)C(=O)O.O=C(O)CC(O)C(=O)O.O=C(O)CC(O)C(=O)O. The Morgan fingerprint density at radius 3 is 1.51 bits per heavy atom. The van der Waals surface area contributed by atoms with Gasteiger partial charge in [-0.25, -0.2) is 29.0 Å². The standard InChI is InChI=1S/C30H37N7O.3C4H6O5/c1-21(2)35-16-12-23(13-17-35)36-18-14-24(15-19-36)37-30-27(29(31)32-20-33-30)28(34-37)22-8-10-26(11-9-22)38-25-6-4-3-5-7-25;3*5-2(4(8)9)1-3(6)7/h3-11,20-21,23-24H,12-19H2,1-2H3,(H2,31,32,33);3*2,5H,1H2,(H,6,7)(H,8,9). The molecule has 2 fully saturated rings. The molecule has 65 heavy (non-hydrogen) atoms. The average Bonchev–Trinajstić information content (AvgIpc) is 3.65. The van der Waals surface area contributed by atoms with E-state index in [1.807, 2.05) is 54.6 Å². The second-order valence-electron chi connectivity index (χ2n) is 15.2. The first kappa shape index (κ1) is 52.6. The number of para-hydroxylation sites is 1. The fraction of sp³-hybridized carbons (Fsp3) is 0.452. The number of hydrogen-bond acceptors (Lipinski definition) is 16. The maximum atomic E-state index is 9.72. The lowest BCUT2D eigenvalue weighted by Crippen LogP contribution is -2.49. The highest BCUT2D eigenvalue weighted by Crippen LogP contribution is 2.36. The van der Waals surface area contributed by atoms with Gasteiger partial charge in [-0.15, -0.1) is 0 Å². The molecule has 23 heteroatoms. The number of likely N-dealkylation sites (tertiary alicyclic amines) is 2. The zero-order valence-electron chi connectivity index (χ0n) is 35.7. The third-order valence-electron chi connectivity index (χ3n) is 10.2. The van der Waals surface area contributed by atoms with Crippen molar-refractivity contribution in [2.75, 3.05) is 31.9 Å². The van der Waals surface area contributed by atoms with E-state index < -0.39 is 73.4 Å². The molecule has 3 atom stereocenters. The highest BCUT2D eigenvalue weighted by atomic mass is 16.5. The van der Waals surface area contributed by atoms with E-state index in [0.29, 0.717) is 23.9 Å². The number of piperidine rings is 2. The molecule has 2 saturated heterocycles. The number of carboxylic acid groups (broad SMARTS) is 6. The number of carboxylic acids is 6. The Labute approximate surface area is 371 Å². The van der Waals surface area contributed by atoms with Crippen LogP contribution in [0, 0.1) is 0 Å². The van der Waals surface area contributed by atoms with Crippen LogP contribution in [0.1, 0.15) is 64.8 Å². The molecule has 3 unspecified atom stereocenters. The van der Waals surface area contributed by atoms with Crippen molar-refractivity contribution >= 4 is 52.7 Å². The zero-order chi connectivity index (χ0) is 48.4. The molecule has 6 rings (SSSR count). The smallest absolute Gasteiger partial charge is 0.333 e. The van der Waals surface area contributed by atoms with Gasteiger partial charge in [0.05, 0.1) is 30.7 Å². The third-order valence-corrected chi connectivity index (χ3v) is 10.2. The molecule has 11 N–H and O–H groups in total. The van der Waals surface area contributed by atoms with Crippen LogP contribution < -0.4 is 10.5 Å². The Morgan fingerprint density at radius 2 is 1.09 bits per heavy atom. The fourth-order valence-corrected chi connectivity index (χ4v) is 6.78. The lowest BCUT2D eigenvalue weighted by atomic mass is 9.97. The van der Waals surface area contributed by atoms with Crippen LogP contribution in [0.25, 0.3) is 22.3 Å². The normalized spacial score (nSPS) is 16.0. The summed E-state index contributed by atoms with van der Waals surface area (Å²) in [5.74, 6) is -6.48. The zero-order valence-corrected chi connectivity index (χ0v) is 35.7. The highest BCUT2D eigenvalue weighted by molar-refractivity contribution is 5.98. The summed E-state index contributed by atoms with van der Waals surface area (Å²) in [5, 5.41) is 78.3. The van der Waals surface area contributed by atoms with Gasteiger partial charge in [-0.05, 0) is 89.0 Å². The second-order valence-corrected chi connectivity index (χ2v) is 15.2. The van der Waals surface area contributed by atoms with Crippen LogP contribution >= 0.6 is 0 Å². The van der Waals surface area contributed by atoms with Crippen LogP contribution in [0.3, 0.4) is 0 Å². The Morgan fingerprint density at radius 1 is 0.646 bits per heavy atom. The summed E-state index contributed by atoms with van der Waals surface area (Å²) in [7, 11) is 0. The van der Waals surface area contributed by atoms with E-state index in [0.717, 1.165) is 59.7 Å². The number of anilines is 1. The predicted octanol–water partition coefficient (Wildman–Crippen LogP) is 2.10. The molecule has 2 aliphatic heterocycles. The number of aliphatic hydroxyl groups is 3. The van der Waals surface area contributed by atoms with Gasteiger partial charge in [0, 0.05) is 30.7 Å². The number of carbonyl (C=O) groups is 6. The van der Waals surface area contributed by atoms with Gasteiger partial charge in [-0.1, -0.05) is 18.2 Å². The molecule has 0 aliphatic carbocycles. The van der Waals surface area contributed by atoms with Crippen molar-refractivity contribution in [3.05, 3.63) is 60.9 Å².